The summed E-state index contributed by atoms with van der Waals surface area (Å²) in [6.07, 6.45) is 6.94. The lowest BCUT2D eigenvalue weighted by atomic mass is 9.87. The van der Waals surface area contributed by atoms with E-state index in [0.717, 1.165) is 51.9 Å². The first-order valence-corrected chi connectivity index (χ1v) is 10.5. The summed E-state index contributed by atoms with van der Waals surface area (Å²) in [5.41, 5.74) is 0. The summed E-state index contributed by atoms with van der Waals surface area (Å²) >= 11 is 0. The molecule has 3 atom stereocenters. The van der Waals surface area contributed by atoms with Crippen molar-refractivity contribution in [3.8, 4) is 0 Å². The fraction of sp³-hybridized carbons (Fsp3) is 0.950. The number of carbonyl (C=O) groups excluding carboxylic acids is 1. The van der Waals surface area contributed by atoms with Crippen LogP contribution in [0.3, 0.4) is 0 Å². The fourth-order valence-electron chi connectivity index (χ4n) is 4.63. The zero-order valence-electron chi connectivity index (χ0n) is 17.1. The van der Waals surface area contributed by atoms with Gasteiger partial charge in [-0.15, -0.1) is 12.4 Å². The van der Waals surface area contributed by atoms with Gasteiger partial charge in [0, 0.05) is 26.2 Å². The van der Waals surface area contributed by atoms with Gasteiger partial charge in [0.05, 0.1) is 30.8 Å². The third-order valence-corrected chi connectivity index (χ3v) is 5.82. The molecule has 2 unspecified atom stereocenters. The molecular formula is C20H37ClN2O4. The number of likely N-dealkylation sites (tertiary alicyclic amines) is 1. The molecule has 158 valence electrons. The summed E-state index contributed by atoms with van der Waals surface area (Å²) in [7, 11) is 0. The van der Waals surface area contributed by atoms with Gasteiger partial charge in [0.25, 0.3) is 0 Å². The highest BCUT2D eigenvalue weighted by atomic mass is 35.5. The zero-order chi connectivity index (χ0) is 18.5. The minimum Gasteiger partial charge on any atom is -0.466 e. The predicted octanol–water partition coefficient (Wildman–Crippen LogP) is 3.04. The molecule has 0 bridgehead atoms. The van der Waals surface area contributed by atoms with Crippen molar-refractivity contribution in [3.63, 3.8) is 0 Å². The second-order valence-corrected chi connectivity index (χ2v) is 8.14. The molecule has 1 aliphatic carbocycles. The van der Waals surface area contributed by atoms with Gasteiger partial charge in [0.2, 0.25) is 0 Å². The van der Waals surface area contributed by atoms with Crippen LogP contribution in [-0.2, 0) is 19.0 Å². The summed E-state index contributed by atoms with van der Waals surface area (Å²) in [5.74, 6) is 0.0290. The van der Waals surface area contributed by atoms with Crippen LogP contribution >= 0.6 is 12.4 Å². The Bertz CT molecular complexity index is 443. The van der Waals surface area contributed by atoms with Gasteiger partial charge in [-0.2, -0.15) is 0 Å². The van der Waals surface area contributed by atoms with Gasteiger partial charge in [-0.1, -0.05) is 0 Å². The van der Waals surface area contributed by atoms with Crippen LogP contribution in [0.25, 0.3) is 0 Å². The van der Waals surface area contributed by atoms with E-state index in [-0.39, 0.29) is 49.0 Å². The minimum absolute atomic E-state index is 0. The maximum Gasteiger partial charge on any atom is 0.308 e. The molecule has 2 aliphatic heterocycles. The summed E-state index contributed by atoms with van der Waals surface area (Å²) < 4.78 is 17.7. The molecule has 0 amide bonds. The van der Waals surface area contributed by atoms with Crippen molar-refractivity contribution in [3.05, 3.63) is 0 Å². The number of hydrogen-bond donors (Lipinski definition) is 0. The van der Waals surface area contributed by atoms with E-state index in [9.17, 15) is 4.79 Å². The van der Waals surface area contributed by atoms with Crippen molar-refractivity contribution in [2.75, 3.05) is 32.8 Å². The number of rotatable bonds is 6. The molecule has 2 saturated heterocycles. The second-order valence-electron chi connectivity index (χ2n) is 8.14. The SMILES string of the molecule is CCOC(=O)C1CCC(OC(N2CCCC2)N2CC(C)O[C@@H](C)C2)CC1.Cl. The highest BCUT2D eigenvalue weighted by Gasteiger charge is 2.36. The van der Waals surface area contributed by atoms with Gasteiger partial charge in [-0.25, -0.2) is 0 Å². The van der Waals surface area contributed by atoms with Gasteiger partial charge < -0.3 is 14.2 Å². The van der Waals surface area contributed by atoms with Crippen molar-refractivity contribution in [2.24, 2.45) is 5.92 Å². The Morgan fingerprint density at radius 1 is 1.04 bits per heavy atom. The molecule has 0 aromatic heterocycles. The number of morpholine rings is 1. The lowest BCUT2D eigenvalue weighted by molar-refractivity contribution is -0.215. The molecule has 3 rings (SSSR count). The van der Waals surface area contributed by atoms with Gasteiger partial charge in [0.1, 0.15) is 0 Å². The molecule has 3 fully saturated rings. The molecule has 1 saturated carbocycles. The maximum absolute atomic E-state index is 12.0. The first-order valence-electron chi connectivity index (χ1n) is 10.5. The van der Waals surface area contributed by atoms with Crippen LogP contribution in [0.1, 0.15) is 59.3 Å². The van der Waals surface area contributed by atoms with Crippen LogP contribution in [0.15, 0.2) is 0 Å². The third kappa shape index (κ3) is 6.29. The van der Waals surface area contributed by atoms with E-state index >= 15 is 0 Å². The van der Waals surface area contributed by atoms with E-state index < -0.39 is 0 Å². The monoisotopic (exact) mass is 404 g/mol. The van der Waals surface area contributed by atoms with Crippen LogP contribution in [0.2, 0.25) is 0 Å². The number of nitrogens with zero attached hydrogens (tertiary/aromatic N) is 2. The Hall–Kier alpha value is -0.400. The second kappa shape index (κ2) is 11.0. The normalized spacial score (nSPS) is 34.0. The number of carbonyl (C=O) groups is 1. The summed E-state index contributed by atoms with van der Waals surface area (Å²) in [4.78, 5) is 16.9. The maximum atomic E-state index is 12.0. The molecule has 7 heteroatoms. The van der Waals surface area contributed by atoms with E-state index in [0.29, 0.717) is 6.61 Å². The molecular weight excluding hydrogens is 368 g/mol. The minimum atomic E-state index is -0.0297. The van der Waals surface area contributed by atoms with Crippen LogP contribution in [-0.4, -0.2) is 73.2 Å². The standard InChI is InChI=1S/C20H36N2O4.ClH/c1-4-24-19(23)17-7-9-18(10-8-17)26-20(21-11-5-6-12-21)22-13-15(2)25-16(3)14-22;/h15-18,20H,4-14H2,1-3H3;1H/t15-,16?,17?,18?,20?;/m0./s1. The van der Waals surface area contributed by atoms with Crippen LogP contribution in [0.5, 0.6) is 0 Å². The van der Waals surface area contributed by atoms with Crippen molar-refractivity contribution in [1.82, 2.24) is 9.80 Å². The quantitative estimate of drug-likeness (QED) is 0.634. The predicted molar refractivity (Wildman–Crippen MR) is 107 cm³/mol. The van der Waals surface area contributed by atoms with E-state index in [1.54, 1.807) is 0 Å². The Labute approximate surface area is 170 Å². The molecule has 0 spiro atoms. The smallest absolute Gasteiger partial charge is 0.308 e. The van der Waals surface area contributed by atoms with E-state index in [2.05, 4.69) is 23.6 Å². The molecule has 27 heavy (non-hydrogen) atoms. The van der Waals surface area contributed by atoms with E-state index in [1.165, 1.54) is 12.8 Å². The number of hydrogen-bond acceptors (Lipinski definition) is 6. The number of halogens is 1. The first-order chi connectivity index (χ1) is 12.6. The van der Waals surface area contributed by atoms with Crippen LogP contribution < -0.4 is 0 Å². The Morgan fingerprint density at radius 3 is 2.19 bits per heavy atom. The van der Waals surface area contributed by atoms with Gasteiger partial charge in [-0.3, -0.25) is 14.6 Å². The number of ether oxygens (including phenoxy) is 3. The van der Waals surface area contributed by atoms with Crippen molar-refractivity contribution in [2.45, 2.75) is 84.0 Å². The topological polar surface area (TPSA) is 51.2 Å². The molecule has 2 heterocycles. The van der Waals surface area contributed by atoms with Crippen LogP contribution in [0, 0.1) is 5.92 Å². The molecule has 3 aliphatic rings. The highest BCUT2D eigenvalue weighted by Crippen LogP contribution is 2.30. The zero-order valence-corrected chi connectivity index (χ0v) is 17.9. The fourth-order valence-corrected chi connectivity index (χ4v) is 4.63. The average Bonchev–Trinajstić information content (AvgIpc) is 3.14. The Kier molecular flexibility index (Phi) is 9.29. The lowest BCUT2D eigenvalue weighted by Gasteiger charge is -2.44. The van der Waals surface area contributed by atoms with Crippen molar-refractivity contribution >= 4 is 18.4 Å². The molecule has 0 N–H and O–H groups in total. The van der Waals surface area contributed by atoms with Crippen molar-refractivity contribution < 1.29 is 19.0 Å². The average molecular weight is 405 g/mol. The van der Waals surface area contributed by atoms with E-state index in [4.69, 9.17) is 14.2 Å². The molecule has 0 radical (unpaired) electrons. The lowest BCUT2D eigenvalue weighted by Crippen LogP contribution is -2.57. The van der Waals surface area contributed by atoms with Gasteiger partial charge in [0.15, 0.2) is 6.35 Å². The largest absolute Gasteiger partial charge is 0.466 e. The highest BCUT2D eigenvalue weighted by molar-refractivity contribution is 5.85. The van der Waals surface area contributed by atoms with Crippen LogP contribution in [0.4, 0.5) is 0 Å². The number of esters is 1. The summed E-state index contributed by atoms with van der Waals surface area (Å²) in [6.45, 7) is 10.7. The molecule has 6 nitrogen and oxygen atoms in total. The van der Waals surface area contributed by atoms with E-state index in [1.807, 2.05) is 6.92 Å². The summed E-state index contributed by atoms with van der Waals surface area (Å²) in [6, 6.07) is 0. The Balaban J connectivity index is 0.00000261. The van der Waals surface area contributed by atoms with Gasteiger partial charge >= 0.3 is 5.97 Å². The molecule has 0 aromatic carbocycles. The van der Waals surface area contributed by atoms with Crippen molar-refractivity contribution in [1.29, 1.82) is 0 Å². The third-order valence-electron chi connectivity index (χ3n) is 5.82. The molecule has 0 aromatic rings. The summed E-state index contributed by atoms with van der Waals surface area (Å²) in [5, 5.41) is 0. The van der Waals surface area contributed by atoms with Gasteiger partial charge in [-0.05, 0) is 59.3 Å². The first kappa shape index (κ1) is 22.9. The Morgan fingerprint density at radius 2 is 1.63 bits per heavy atom.